The number of esters is 1. The van der Waals surface area contributed by atoms with Gasteiger partial charge in [-0.3, -0.25) is 9.59 Å². The zero-order valence-corrected chi connectivity index (χ0v) is 16.7. The number of fused-ring (bicyclic) bond motifs is 1. The van der Waals surface area contributed by atoms with Crippen molar-refractivity contribution in [1.82, 2.24) is 0 Å². The standard InChI is InChI=1S/C22H28O6/c1-25-15-28-18-8-4-7-17-14-19(26-2)11-10-16(17)6-5-9-20(22(24)27-3)21(23)13-12-18/h5-6,8,10-11,14,20H,4,7,9,12-13,15H2,1-3H3/b6-5+,18-8+. The van der Waals surface area contributed by atoms with Gasteiger partial charge in [0, 0.05) is 20.0 Å². The SMILES string of the molecule is COCO/C1=C/CCc2cc(OC)ccc2/C=C/CC(C(=O)OC)C(=O)CC1. The maximum atomic E-state index is 12.6. The van der Waals surface area contributed by atoms with Crippen molar-refractivity contribution in [3.05, 3.63) is 47.2 Å². The van der Waals surface area contributed by atoms with Gasteiger partial charge in [0.1, 0.15) is 17.5 Å². The summed E-state index contributed by atoms with van der Waals surface area (Å²) in [4.78, 5) is 24.7. The number of methoxy groups -OCH3 is 3. The summed E-state index contributed by atoms with van der Waals surface area (Å²) in [6.07, 6.45) is 8.26. The van der Waals surface area contributed by atoms with Crippen LogP contribution in [-0.4, -0.2) is 39.9 Å². The number of rotatable bonds is 5. The molecule has 28 heavy (non-hydrogen) atoms. The van der Waals surface area contributed by atoms with Crippen LogP contribution in [0.1, 0.15) is 36.8 Å². The van der Waals surface area contributed by atoms with Gasteiger partial charge in [0.25, 0.3) is 0 Å². The Bertz CT molecular complexity index is 735. The fourth-order valence-electron chi connectivity index (χ4n) is 3.10. The Morgan fingerprint density at radius 1 is 1.14 bits per heavy atom. The minimum absolute atomic E-state index is 0.117. The quantitative estimate of drug-likeness (QED) is 0.435. The van der Waals surface area contributed by atoms with Gasteiger partial charge in [-0.2, -0.15) is 0 Å². The number of ether oxygens (including phenoxy) is 4. The summed E-state index contributed by atoms with van der Waals surface area (Å²) in [5.41, 5.74) is 2.15. The fourth-order valence-corrected chi connectivity index (χ4v) is 3.10. The normalized spacial score (nSPS) is 21.0. The molecule has 0 spiro atoms. The van der Waals surface area contributed by atoms with Crippen LogP contribution >= 0.6 is 0 Å². The van der Waals surface area contributed by atoms with Gasteiger partial charge >= 0.3 is 5.97 Å². The Balaban J connectivity index is 2.34. The molecule has 152 valence electrons. The van der Waals surface area contributed by atoms with Crippen LogP contribution in [0.2, 0.25) is 0 Å². The van der Waals surface area contributed by atoms with Crippen LogP contribution < -0.4 is 4.74 Å². The number of allylic oxidation sites excluding steroid dienone is 3. The van der Waals surface area contributed by atoms with Crippen LogP contribution in [0.5, 0.6) is 5.75 Å². The monoisotopic (exact) mass is 388 g/mol. The molecule has 1 aromatic carbocycles. The summed E-state index contributed by atoms with van der Waals surface area (Å²) in [5.74, 6) is 0.00203. The number of benzene rings is 1. The van der Waals surface area contributed by atoms with Crippen molar-refractivity contribution in [1.29, 1.82) is 0 Å². The highest BCUT2D eigenvalue weighted by atomic mass is 16.7. The first-order valence-corrected chi connectivity index (χ1v) is 9.33. The predicted octanol–water partition coefficient (Wildman–Crippen LogP) is 3.69. The van der Waals surface area contributed by atoms with E-state index in [0.717, 1.165) is 29.7 Å². The van der Waals surface area contributed by atoms with Gasteiger partial charge in [-0.15, -0.1) is 0 Å². The van der Waals surface area contributed by atoms with E-state index in [0.29, 0.717) is 18.6 Å². The molecule has 0 N–H and O–H groups in total. The second-order valence-electron chi connectivity index (χ2n) is 6.50. The van der Waals surface area contributed by atoms with E-state index in [2.05, 4.69) is 0 Å². The first kappa shape index (κ1) is 21.7. The molecular weight excluding hydrogens is 360 g/mol. The summed E-state index contributed by atoms with van der Waals surface area (Å²) in [6, 6.07) is 5.88. The van der Waals surface area contributed by atoms with Crippen molar-refractivity contribution in [3.8, 4) is 5.75 Å². The number of Topliss-reactive ketones (excluding diaryl/α,β-unsaturated/α-hetero) is 1. The second-order valence-corrected chi connectivity index (χ2v) is 6.50. The molecule has 0 bridgehead atoms. The molecule has 0 fully saturated rings. The van der Waals surface area contributed by atoms with Gasteiger partial charge in [0.05, 0.1) is 20.0 Å². The molecule has 2 rings (SSSR count). The minimum Gasteiger partial charge on any atom is -0.497 e. The van der Waals surface area contributed by atoms with E-state index in [1.165, 1.54) is 7.11 Å². The highest BCUT2D eigenvalue weighted by Gasteiger charge is 2.26. The van der Waals surface area contributed by atoms with Gasteiger partial charge in [-0.1, -0.05) is 18.2 Å². The van der Waals surface area contributed by atoms with Crippen LogP contribution in [-0.2, 0) is 30.2 Å². The van der Waals surface area contributed by atoms with E-state index in [9.17, 15) is 9.59 Å². The zero-order valence-electron chi connectivity index (χ0n) is 16.7. The fraction of sp³-hybridized carbons (Fsp3) is 0.455. The molecule has 1 aliphatic rings. The molecule has 0 saturated carbocycles. The average Bonchev–Trinajstić information content (AvgIpc) is 2.73. The lowest BCUT2D eigenvalue weighted by Gasteiger charge is -2.13. The first-order valence-electron chi connectivity index (χ1n) is 9.33. The Kier molecular flexibility index (Phi) is 8.75. The molecule has 0 aliphatic heterocycles. The third-order valence-corrected chi connectivity index (χ3v) is 4.66. The van der Waals surface area contributed by atoms with Gasteiger partial charge in [-0.25, -0.2) is 0 Å². The first-order chi connectivity index (χ1) is 13.6. The number of ketones is 1. The maximum Gasteiger partial charge on any atom is 0.316 e. The van der Waals surface area contributed by atoms with Gasteiger partial charge in [0.15, 0.2) is 6.79 Å². The molecule has 0 heterocycles. The maximum absolute atomic E-state index is 12.6. The van der Waals surface area contributed by atoms with Gasteiger partial charge in [0.2, 0.25) is 0 Å². The van der Waals surface area contributed by atoms with Gasteiger partial charge < -0.3 is 18.9 Å². The Labute approximate surface area is 166 Å². The van der Waals surface area contributed by atoms with E-state index >= 15 is 0 Å². The van der Waals surface area contributed by atoms with Crippen LogP contribution in [0.3, 0.4) is 0 Å². The van der Waals surface area contributed by atoms with Crippen molar-refractivity contribution in [2.24, 2.45) is 5.92 Å². The van der Waals surface area contributed by atoms with Crippen molar-refractivity contribution in [2.45, 2.75) is 32.1 Å². The number of hydrogen-bond donors (Lipinski definition) is 0. The van der Waals surface area contributed by atoms with E-state index in [1.807, 2.05) is 36.4 Å². The summed E-state index contributed by atoms with van der Waals surface area (Å²) in [6.45, 7) is 0.117. The van der Waals surface area contributed by atoms with E-state index < -0.39 is 11.9 Å². The molecule has 0 amide bonds. The highest BCUT2D eigenvalue weighted by molar-refractivity contribution is 5.99. The molecule has 1 atom stereocenters. The van der Waals surface area contributed by atoms with E-state index in [-0.39, 0.29) is 19.0 Å². The van der Waals surface area contributed by atoms with Crippen molar-refractivity contribution in [3.63, 3.8) is 0 Å². The van der Waals surface area contributed by atoms with Crippen molar-refractivity contribution < 1.29 is 28.5 Å². The molecule has 1 aliphatic carbocycles. The van der Waals surface area contributed by atoms with Crippen molar-refractivity contribution in [2.75, 3.05) is 28.1 Å². The molecule has 0 saturated heterocycles. The van der Waals surface area contributed by atoms with Gasteiger partial charge in [-0.05, 0) is 48.6 Å². The van der Waals surface area contributed by atoms with Crippen molar-refractivity contribution >= 4 is 17.8 Å². The predicted molar refractivity (Wildman–Crippen MR) is 106 cm³/mol. The average molecular weight is 388 g/mol. The number of carbonyl (C=O) groups is 2. The topological polar surface area (TPSA) is 71.1 Å². The van der Waals surface area contributed by atoms with E-state index in [1.54, 1.807) is 14.2 Å². The highest BCUT2D eigenvalue weighted by Crippen LogP contribution is 2.23. The number of aryl methyl sites for hydroxylation is 1. The summed E-state index contributed by atoms with van der Waals surface area (Å²) >= 11 is 0. The lowest BCUT2D eigenvalue weighted by molar-refractivity contribution is -0.149. The molecular formula is C22H28O6. The summed E-state index contributed by atoms with van der Waals surface area (Å²) < 4.78 is 20.7. The molecule has 0 aromatic heterocycles. The second kappa shape index (κ2) is 11.3. The van der Waals surface area contributed by atoms with Crippen LogP contribution in [0.25, 0.3) is 6.08 Å². The summed E-state index contributed by atoms with van der Waals surface area (Å²) in [7, 11) is 4.49. The third-order valence-electron chi connectivity index (χ3n) is 4.66. The molecule has 1 aromatic rings. The molecule has 6 nitrogen and oxygen atoms in total. The Morgan fingerprint density at radius 3 is 2.68 bits per heavy atom. The largest absolute Gasteiger partial charge is 0.497 e. The molecule has 6 heteroatoms. The number of carbonyl (C=O) groups excluding carboxylic acids is 2. The Morgan fingerprint density at radius 2 is 1.96 bits per heavy atom. The smallest absolute Gasteiger partial charge is 0.316 e. The zero-order chi connectivity index (χ0) is 20.4. The van der Waals surface area contributed by atoms with Crippen LogP contribution in [0, 0.1) is 5.92 Å². The molecule has 0 radical (unpaired) electrons. The van der Waals surface area contributed by atoms with Crippen LogP contribution in [0.15, 0.2) is 36.1 Å². The number of hydrogen-bond acceptors (Lipinski definition) is 6. The summed E-state index contributed by atoms with van der Waals surface area (Å²) in [5, 5.41) is 0. The molecule has 1 unspecified atom stereocenters. The van der Waals surface area contributed by atoms with Crippen LogP contribution in [0.4, 0.5) is 0 Å². The Hall–Kier alpha value is -2.60. The lowest BCUT2D eigenvalue weighted by atomic mass is 9.95. The lowest BCUT2D eigenvalue weighted by Crippen LogP contribution is -2.25. The third kappa shape index (κ3) is 6.23. The van der Waals surface area contributed by atoms with E-state index in [4.69, 9.17) is 18.9 Å². The minimum atomic E-state index is -0.813.